The number of aromatic nitrogens is 3. The molecule has 1 aliphatic heterocycles. The average Bonchev–Trinajstić information content (AvgIpc) is 2.79. The van der Waals surface area contributed by atoms with E-state index in [2.05, 4.69) is 14.9 Å². The number of nitrogens with zero attached hydrogens (tertiary/aromatic N) is 5. The SMILES string of the molecule is O=C(c1ccc2ccccc2n1)N1CCN(Cc2cc(=O)n3ccccc3n2)CC1. The second-order valence-corrected chi connectivity index (χ2v) is 7.47. The van der Waals surface area contributed by atoms with E-state index < -0.39 is 0 Å². The minimum atomic E-state index is -0.0770. The molecule has 1 aliphatic rings. The lowest BCUT2D eigenvalue weighted by Crippen LogP contribution is -2.48. The molecule has 150 valence electrons. The van der Waals surface area contributed by atoms with Crippen LogP contribution >= 0.6 is 0 Å². The summed E-state index contributed by atoms with van der Waals surface area (Å²) in [5, 5.41) is 1.03. The average molecular weight is 399 g/mol. The first-order valence-electron chi connectivity index (χ1n) is 10.0. The van der Waals surface area contributed by atoms with Gasteiger partial charge in [0.05, 0.1) is 11.2 Å². The Bertz CT molecular complexity index is 1290. The zero-order chi connectivity index (χ0) is 20.5. The Kier molecular flexibility index (Phi) is 4.72. The van der Waals surface area contributed by atoms with E-state index in [4.69, 9.17) is 0 Å². The molecule has 5 rings (SSSR count). The van der Waals surface area contributed by atoms with E-state index in [-0.39, 0.29) is 11.5 Å². The van der Waals surface area contributed by atoms with Crippen LogP contribution in [0.4, 0.5) is 0 Å². The van der Waals surface area contributed by atoms with Gasteiger partial charge >= 0.3 is 0 Å². The van der Waals surface area contributed by atoms with Gasteiger partial charge in [-0.15, -0.1) is 0 Å². The number of rotatable bonds is 3. The molecular weight excluding hydrogens is 378 g/mol. The van der Waals surface area contributed by atoms with Crippen molar-refractivity contribution in [3.05, 3.63) is 88.6 Å². The minimum Gasteiger partial charge on any atom is -0.335 e. The summed E-state index contributed by atoms with van der Waals surface area (Å²) in [6.45, 7) is 3.31. The van der Waals surface area contributed by atoms with Crippen molar-refractivity contribution in [1.29, 1.82) is 0 Å². The fraction of sp³-hybridized carbons (Fsp3) is 0.217. The molecular formula is C23H21N5O2. The normalized spacial score (nSPS) is 15.0. The van der Waals surface area contributed by atoms with Crippen molar-refractivity contribution in [3.8, 4) is 0 Å². The van der Waals surface area contributed by atoms with Crippen molar-refractivity contribution in [1.82, 2.24) is 24.2 Å². The number of fused-ring (bicyclic) bond motifs is 2. The van der Waals surface area contributed by atoms with Crippen LogP contribution in [0.15, 0.2) is 71.7 Å². The number of piperazine rings is 1. The molecule has 0 N–H and O–H groups in total. The van der Waals surface area contributed by atoms with Gasteiger partial charge in [-0.25, -0.2) is 9.97 Å². The van der Waals surface area contributed by atoms with Crippen LogP contribution < -0.4 is 5.56 Å². The number of pyridine rings is 2. The van der Waals surface area contributed by atoms with Gasteiger partial charge in [-0.3, -0.25) is 18.9 Å². The number of amides is 1. The largest absolute Gasteiger partial charge is 0.335 e. The van der Waals surface area contributed by atoms with Crippen LogP contribution in [0.5, 0.6) is 0 Å². The Labute approximate surface area is 173 Å². The van der Waals surface area contributed by atoms with E-state index in [1.807, 2.05) is 53.4 Å². The molecule has 0 saturated carbocycles. The Morgan fingerprint density at radius 3 is 2.57 bits per heavy atom. The molecule has 7 heteroatoms. The molecule has 0 radical (unpaired) electrons. The van der Waals surface area contributed by atoms with Crippen LogP contribution in [-0.2, 0) is 6.54 Å². The topological polar surface area (TPSA) is 70.8 Å². The molecule has 0 bridgehead atoms. The van der Waals surface area contributed by atoms with Crippen molar-refractivity contribution in [2.75, 3.05) is 26.2 Å². The summed E-state index contributed by atoms with van der Waals surface area (Å²) in [4.78, 5) is 38.3. The highest BCUT2D eigenvalue weighted by Crippen LogP contribution is 2.15. The fourth-order valence-corrected chi connectivity index (χ4v) is 3.87. The Morgan fingerprint density at radius 1 is 0.900 bits per heavy atom. The van der Waals surface area contributed by atoms with E-state index in [1.54, 1.807) is 18.3 Å². The monoisotopic (exact) mass is 399 g/mol. The first kappa shape index (κ1) is 18.4. The van der Waals surface area contributed by atoms with Crippen molar-refractivity contribution in [2.24, 2.45) is 0 Å². The van der Waals surface area contributed by atoms with Crippen LogP contribution in [0.2, 0.25) is 0 Å². The highest BCUT2D eigenvalue weighted by Gasteiger charge is 2.23. The van der Waals surface area contributed by atoms with E-state index in [1.165, 1.54) is 4.40 Å². The van der Waals surface area contributed by atoms with Gasteiger partial charge in [-0.05, 0) is 24.3 Å². The first-order chi connectivity index (χ1) is 14.7. The molecule has 0 spiro atoms. The summed E-state index contributed by atoms with van der Waals surface area (Å²) >= 11 is 0. The molecule has 0 aliphatic carbocycles. The third kappa shape index (κ3) is 3.55. The zero-order valence-electron chi connectivity index (χ0n) is 16.4. The standard InChI is InChI=1S/C23H21N5O2/c29-22-15-18(24-21-7-3-4-10-28(21)22)16-26-11-13-27(14-12-26)23(30)20-9-8-17-5-1-2-6-19(17)25-20/h1-10,15H,11-14,16H2. The molecule has 4 heterocycles. The van der Waals surface area contributed by atoms with E-state index in [0.717, 1.165) is 29.7 Å². The first-order valence-corrected chi connectivity index (χ1v) is 10.0. The van der Waals surface area contributed by atoms with E-state index in [9.17, 15) is 9.59 Å². The van der Waals surface area contributed by atoms with Gasteiger partial charge in [0.15, 0.2) is 0 Å². The Morgan fingerprint density at radius 2 is 1.70 bits per heavy atom. The molecule has 1 amide bonds. The highest BCUT2D eigenvalue weighted by molar-refractivity contribution is 5.95. The number of hydrogen-bond acceptors (Lipinski definition) is 5. The van der Waals surface area contributed by atoms with Gasteiger partial charge in [0.25, 0.3) is 11.5 Å². The van der Waals surface area contributed by atoms with E-state index >= 15 is 0 Å². The summed E-state index contributed by atoms with van der Waals surface area (Å²) in [6, 6.07) is 18.6. The minimum absolute atomic E-state index is 0.0394. The summed E-state index contributed by atoms with van der Waals surface area (Å²) in [7, 11) is 0. The van der Waals surface area contributed by atoms with Crippen LogP contribution in [0, 0.1) is 0 Å². The van der Waals surface area contributed by atoms with Gasteiger partial charge < -0.3 is 4.90 Å². The Hall–Kier alpha value is -3.58. The second kappa shape index (κ2) is 7.68. The van der Waals surface area contributed by atoms with Gasteiger partial charge in [0.2, 0.25) is 0 Å². The number of carbonyl (C=O) groups excluding carboxylic acids is 1. The maximum absolute atomic E-state index is 12.9. The smallest absolute Gasteiger partial charge is 0.272 e. The number of para-hydroxylation sites is 1. The summed E-state index contributed by atoms with van der Waals surface area (Å²) in [5.74, 6) is -0.0394. The molecule has 1 aromatic carbocycles. The molecule has 30 heavy (non-hydrogen) atoms. The van der Waals surface area contributed by atoms with Crippen molar-refractivity contribution in [3.63, 3.8) is 0 Å². The maximum atomic E-state index is 12.9. The number of benzene rings is 1. The molecule has 1 saturated heterocycles. The summed E-state index contributed by atoms with van der Waals surface area (Å²) in [6.07, 6.45) is 1.72. The van der Waals surface area contributed by atoms with Crippen molar-refractivity contribution >= 4 is 22.5 Å². The van der Waals surface area contributed by atoms with Gasteiger partial charge in [0, 0.05) is 50.4 Å². The lowest BCUT2D eigenvalue weighted by Gasteiger charge is -2.34. The van der Waals surface area contributed by atoms with Crippen LogP contribution in [0.25, 0.3) is 16.6 Å². The summed E-state index contributed by atoms with van der Waals surface area (Å²) in [5.41, 5.74) is 2.63. The number of hydrogen-bond donors (Lipinski definition) is 0. The maximum Gasteiger partial charge on any atom is 0.272 e. The van der Waals surface area contributed by atoms with Crippen molar-refractivity contribution < 1.29 is 4.79 Å². The predicted octanol–water partition coefficient (Wildman–Crippen LogP) is 2.20. The molecule has 0 atom stereocenters. The molecule has 0 unspecified atom stereocenters. The third-order valence-corrected chi connectivity index (χ3v) is 5.49. The second-order valence-electron chi connectivity index (χ2n) is 7.47. The molecule has 7 nitrogen and oxygen atoms in total. The predicted molar refractivity (Wildman–Crippen MR) is 114 cm³/mol. The zero-order valence-corrected chi connectivity index (χ0v) is 16.4. The Balaban J connectivity index is 1.26. The molecule has 4 aromatic rings. The van der Waals surface area contributed by atoms with Crippen LogP contribution in [0.3, 0.4) is 0 Å². The van der Waals surface area contributed by atoms with Gasteiger partial charge in [0.1, 0.15) is 11.3 Å². The van der Waals surface area contributed by atoms with Crippen molar-refractivity contribution in [2.45, 2.75) is 6.54 Å². The van der Waals surface area contributed by atoms with Gasteiger partial charge in [-0.1, -0.05) is 30.3 Å². The lowest BCUT2D eigenvalue weighted by molar-refractivity contribution is 0.0622. The van der Waals surface area contributed by atoms with Gasteiger partial charge in [-0.2, -0.15) is 0 Å². The highest BCUT2D eigenvalue weighted by atomic mass is 16.2. The lowest BCUT2D eigenvalue weighted by atomic mass is 10.2. The third-order valence-electron chi connectivity index (χ3n) is 5.49. The fourth-order valence-electron chi connectivity index (χ4n) is 3.87. The summed E-state index contributed by atoms with van der Waals surface area (Å²) < 4.78 is 1.54. The van der Waals surface area contributed by atoms with E-state index in [0.29, 0.717) is 31.0 Å². The molecule has 3 aromatic heterocycles. The number of carbonyl (C=O) groups is 1. The van der Waals surface area contributed by atoms with Crippen LogP contribution in [-0.4, -0.2) is 56.3 Å². The molecule has 1 fully saturated rings. The van der Waals surface area contributed by atoms with Crippen LogP contribution in [0.1, 0.15) is 16.2 Å². The quantitative estimate of drug-likeness (QED) is 0.528.